The number of carbonyl (C=O) groups is 1. The van der Waals surface area contributed by atoms with Crippen molar-refractivity contribution in [3.63, 3.8) is 0 Å². The number of rotatable bonds is 8. The number of ether oxygens (including phenoxy) is 2. The van der Waals surface area contributed by atoms with E-state index in [9.17, 15) is 4.79 Å². The topological polar surface area (TPSA) is 78.5 Å². The van der Waals surface area contributed by atoms with Crippen molar-refractivity contribution in [1.82, 2.24) is 15.1 Å². The van der Waals surface area contributed by atoms with Crippen LogP contribution in [0.15, 0.2) is 77.3 Å². The first-order valence-corrected chi connectivity index (χ1v) is 11.4. The molecule has 0 fully saturated rings. The molecule has 1 aliphatic carbocycles. The van der Waals surface area contributed by atoms with Crippen LogP contribution in [0.5, 0.6) is 11.5 Å². The minimum absolute atomic E-state index is 0.0841. The van der Waals surface area contributed by atoms with Gasteiger partial charge in [-0.05, 0) is 49.1 Å². The Bertz CT molecular complexity index is 1260. The van der Waals surface area contributed by atoms with E-state index in [1.54, 1.807) is 19.2 Å². The highest BCUT2D eigenvalue weighted by atomic mass is 16.5. The van der Waals surface area contributed by atoms with Crippen LogP contribution >= 0.6 is 0 Å². The molecule has 0 saturated carbocycles. The summed E-state index contributed by atoms with van der Waals surface area (Å²) in [6, 6.07) is 21.0. The van der Waals surface area contributed by atoms with Crippen molar-refractivity contribution < 1.29 is 18.7 Å². The van der Waals surface area contributed by atoms with Gasteiger partial charge in [-0.15, -0.1) is 0 Å². The molecule has 1 amide bonds. The smallest absolute Gasteiger partial charge is 0.287 e. The van der Waals surface area contributed by atoms with Crippen LogP contribution in [0.25, 0.3) is 0 Å². The van der Waals surface area contributed by atoms with E-state index in [-0.39, 0.29) is 24.3 Å². The van der Waals surface area contributed by atoms with Crippen molar-refractivity contribution >= 4 is 5.91 Å². The maximum Gasteiger partial charge on any atom is 0.287 e. The summed E-state index contributed by atoms with van der Waals surface area (Å²) in [6.07, 6.45) is 4.71. The molecule has 4 aromatic rings. The SMILES string of the molecule is COc1ccccc1OCc1ccc(C(=O)NC2CCCc3c2cnn3Cc2ccccc2)o1. The third-order valence-corrected chi connectivity index (χ3v) is 6.07. The zero-order valence-corrected chi connectivity index (χ0v) is 19.1. The third-order valence-electron chi connectivity index (χ3n) is 6.07. The summed E-state index contributed by atoms with van der Waals surface area (Å²) in [4.78, 5) is 12.9. The summed E-state index contributed by atoms with van der Waals surface area (Å²) < 4.78 is 18.9. The number of carbonyl (C=O) groups excluding carboxylic acids is 1. The van der Waals surface area contributed by atoms with Gasteiger partial charge >= 0.3 is 0 Å². The van der Waals surface area contributed by atoms with Crippen LogP contribution in [-0.4, -0.2) is 22.8 Å². The molecule has 7 heteroatoms. The van der Waals surface area contributed by atoms with Crippen LogP contribution < -0.4 is 14.8 Å². The summed E-state index contributed by atoms with van der Waals surface area (Å²) in [7, 11) is 1.60. The first-order chi connectivity index (χ1) is 16.7. The summed E-state index contributed by atoms with van der Waals surface area (Å²) in [5, 5.41) is 7.74. The van der Waals surface area contributed by atoms with Crippen molar-refractivity contribution in [2.45, 2.75) is 38.5 Å². The van der Waals surface area contributed by atoms with Crippen LogP contribution in [0, 0.1) is 0 Å². The highest BCUT2D eigenvalue weighted by Gasteiger charge is 2.27. The maximum absolute atomic E-state index is 12.9. The fraction of sp³-hybridized carbons (Fsp3) is 0.259. The lowest BCUT2D eigenvalue weighted by Gasteiger charge is -2.24. The van der Waals surface area contributed by atoms with Crippen LogP contribution in [0.4, 0.5) is 0 Å². The number of nitrogens with zero attached hydrogens (tertiary/aromatic N) is 2. The van der Waals surface area contributed by atoms with Gasteiger partial charge in [0.15, 0.2) is 17.3 Å². The third kappa shape index (κ3) is 4.69. The van der Waals surface area contributed by atoms with Gasteiger partial charge in [-0.25, -0.2) is 0 Å². The lowest BCUT2D eigenvalue weighted by atomic mass is 9.93. The molecule has 2 aromatic heterocycles. The monoisotopic (exact) mass is 457 g/mol. The number of fused-ring (bicyclic) bond motifs is 1. The predicted octanol–water partition coefficient (Wildman–Crippen LogP) is 4.92. The van der Waals surface area contributed by atoms with E-state index in [4.69, 9.17) is 13.9 Å². The van der Waals surface area contributed by atoms with Gasteiger partial charge in [0.05, 0.1) is 25.9 Å². The normalized spacial score (nSPS) is 14.9. The Balaban J connectivity index is 1.23. The number of nitrogens with one attached hydrogen (secondary N) is 1. The van der Waals surface area contributed by atoms with Gasteiger partial charge in [-0.3, -0.25) is 9.48 Å². The molecule has 1 atom stereocenters. The van der Waals surface area contributed by atoms with Crippen molar-refractivity contribution in [2.24, 2.45) is 0 Å². The lowest BCUT2D eigenvalue weighted by molar-refractivity contribution is 0.0900. The van der Waals surface area contributed by atoms with E-state index in [0.29, 0.717) is 17.3 Å². The van der Waals surface area contributed by atoms with Crippen molar-refractivity contribution in [2.75, 3.05) is 7.11 Å². The minimum atomic E-state index is -0.239. The molecule has 1 N–H and O–H groups in total. The summed E-state index contributed by atoms with van der Waals surface area (Å²) in [5.41, 5.74) is 3.48. The molecular formula is C27H27N3O4. The molecule has 2 heterocycles. The molecule has 0 spiro atoms. The van der Waals surface area contributed by atoms with E-state index in [2.05, 4.69) is 22.5 Å². The molecule has 0 bridgehead atoms. The van der Waals surface area contributed by atoms with Crippen molar-refractivity contribution in [1.29, 1.82) is 0 Å². The molecule has 0 radical (unpaired) electrons. The van der Waals surface area contributed by atoms with Crippen LogP contribution in [0.2, 0.25) is 0 Å². The van der Waals surface area contributed by atoms with Crippen LogP contribution in [-0.2, 0) is 19.6 Å². The molecule has 0 saturated heterocycles. The Kier molecular flexibility index (Phi) is 6.33. The Morgan fingerprint density at radius 2 is 1.88 bits per heavy atom. The van der Waals surface area contributed by atoms with Gasteiger partial charge in [0.25, 0.3) is 5.91 Å². The van der Waals surface area contributed by atoms with E-state index < -0.39 is 0 Å². The van der Waals surface area contributed by atoms with Gasteiger partial charge in [0.1, 0.15) is 12.4 Å². The number of furan rings is 1. The fourth-order valence-corrected chi connectivity index (χ4v) is 4.36. The summed E-state index contributed by atoms with van der Waals surface area (Å²) >= 11 is 0. The molecular weight excluding hydrogens is 430 g/mol. The lowest BCUT2D eigenvalue weighted by Crippen LogP contribution is -2.30. The van der Waals surface area contributed by atoms with Gasteiger partial charge in [0, 0.05) is 11.3 Å². The number of para-hydroxylation sites is 2. The molecule has 2 aromatic carbocycles. The molecule has 1 unspecified atom stereocenters. The molecule has 1 aliphatic rings. The second-order valence-electron chi connectivity index (χ2n) is 8.31. The molecule has 174 valence electrons. The summed E-state index contributed by atoms with van der Waals surface area (Å²) in [6.45, 7) is 0.929. The Hall–Kier alpha value is -4.00. The standard InChI is InChI=1S/C27H27N3O4/c1-32-24-12-5-6-13-25(24)33-18-20-14-15-26(34-20)27(31)29-22-10-7-11-23-21(22)16-28-30(23)17-19-8-3-2-4-9-19/h2-6,8-9,12-16,22H,7,10-11,17-18H2,1H3,(H,29,31). The summed E-state index contributed by atoms with van der Waals surface area (Å²) in [5.74, 6) is 1.86. The van der Waals surface area contributed by atoms with Gasteiger partial charge in [0.2, 0.25) is 0 Å². The van der Waals surface area contributed by atoms with E-state index in [1.165, 1.54) is 11.3 Å². The number of aromatic nitrogens is 2. The number of amides is 1. The Labute approximate surface area is 198 Å². The molecule has 5 rings (SSSR count). The Morgan fingerprint density at radius 1 is 1.09 bits per heavy atom. The average molecular weight is 458 g/mol. The number of methoxy groups -OCH3 is 1. The first kappa shape index (κ1) is 21.8. The largest absolute Gasteiger partial charge is 0.493 e. The zero-order chi connectivity index (χ0) is 23.3. The van der Waals surface area contributed by atoms with Gasteiger partial charge in [-0.1, -0.05) is 42.5 Å². The Morgan fingerprint density at radius 3 is 2.71 bits per heavy atom. The number of benzene rings is 2. The van der Waals surface area contributed by atoms with Crippen molar-refractivity contribution in [3.8, 4) is 11.5 Å². The fourth-order valence-electron chi connectivity index (χ4n) is 4.36. The highest BCUT2D eigenvalue weighted by molar-refractivity contribution is 5.91. The van der Waals surface area contributed by atoms with E-state index >= 15 is 0 Å². The number of hydrogen-bond acceptors (Lipinski definition) is 5. The van der Waals surface area contributed by atoms with E-state index in [1.807, 2.05) is 53.3 Å². The van der Waals surface area contributed by atoms with Crippen LogP contribution in [0.1, 0.15) is 52.0 Å². The molecule has 0 aliphatic heterocycles. The highest BCUT2D eigenvalue weighted by Crippen LogP contribution is 2.31. The van der Waals surface area contributed by atoms with Gasteiger partial charge in [-0.2, -0.15) is 5.10 Å². The van der Waals surface area contributed by atoms with Gasteiger partial charge < -0.3 is 19.2 Å². The predicted molar refractivity (Wildman–Crippen MR) is 127 cm³/mol. The second kappa shape index (κ2) is 9.87. The molecule has 7 nitrogen and oxygen atoms in total. The van der Waals surface area contributed by atoms with Crippen molar-refractivity contribution in [3.05, 3.63) is 101 Å². The maximum atomic E-state index is 12.9. The van der Waals surface area contributed by atoms with Crippen LogP contribution in [0.3, 0.4) is 0 Å². The quantitative estimate of drug-likeness (QED) is 0.406. The zero-order valence-electron chi connectivity index (χ0n) is 19.1. The second-order valence-corrected chi connectivity index (χ2v) is 8.31. The number of hydrogen-bond donors (Lipinski definition) is 1. The minimum Gasteiger partial charge on any atom is -0.493 e. The molecule has 34 heavy (non-hydrogen) atoms. The first-order valence-electron chi connectivity index (χ1n) is 11.4. The van der Waals surface area contributed by atoms with E-state index in [0.717, 1.165) is 31.4 Å². The average Bonchev–Trinajstić information content (AvgIpc) is 3.52.